The van der Waals surface area contributed by atoms with E-state index < -0.39 is 63.2 Å². The number of esters is 1. The molecule has 0 N–H and O–H groups in total. The molecule has 2 aromatic rings. The average Bonchev–Trinajstić information content (AvgIpc) is 2.50. The molecular formula is C14H5F7O2. The van der Waals surface area contributed by atoms with Crippen molar-refractivity contribution in [1.82, 2.24) is 0 Å². The lowest BCUT2D eigenvalue weighted by Crippen LogP contribution is -2.13. The van der Waals surface area contributed by atoms with Gasteiger partial charge in [0.05, 0.1) is 10.8 Å². The SMILES string of the molecule is C=C(C)C(=O)Oc1c(F)c(F)c2c(F)c(F)c(F)c(F)c2c1F. The van der Waals surface area contributed by atoms with Crippen LogP contribution in [0.1, 0.15) is 6.92 Å². The van der Waals surface area contributed by atoms with Crippen LogP contribution in [0.2, 0.25) is 0 Å². The van der Waals surface area contributed by atoms with Crippen LogP contribution in [0.25, 0.3) is 10.8 Å². The van der Waals surface area contributed by atoms with Crippen LogP contribution in [-0.2, 0) is 4.79 Å². The number of benzene rings is 2. The van der Waals surface area contributed by atoms with Crippen LogP contribution in [0, 0.1) is 40.7 Å². The Labute approximate surface area is 123 Å². The molecule has 0 aliphatic carbocycles. The molecule has 0 aliphatic rings. The summed E-state index contributed by atoms with van der Waals surface area (Å²) < 4.78 is 99.1. The van der Waals surface area contributed by atoms with Crippen molar-refractivity contribution >= 4 is 16.7 Å². The van der Waals surface area contributed by atoms with Crippen LogP contribution in [0.3, 0.4) is 0 Å². The first-order valence-corrected chi connectivity index (χ1v) is 5.79. The summed E-state index contributed by atoms with van der Waals surface area (Å²) in [5, 5.41) is -3.52. The fraction of sp³-hybridized carbons (Fsp3) is 0.0714. The molecule has 23 heavy (non-hydrogen) atoms. The van der Waals surface area contributed by atoms with Crippen molar-refractivity contribution in [3.05, 3.63) is 52.9 Å². The molecule has 0 saturated carbocycles. The minimum atomic E-state index is -2.45. The number of hydrogen-bond donors (Lipinski definition) is 0. The quantitative estimate of drug-likeness (QED) is 0.204. The zero-order chi connectivity index (χ0) is 17.6. The fourth-order valence-electron chi connectivity index (χ4n) is 1.73. The number of rotatable bonds is 2. The van der Waals surface area contributed by atoms with E-state index in [4.69, 9.17) is 0 Å². The molecule has 0 heterocycles. The van der Waals surface area contributed by atoms with Crippen molar-refractivity contribution in [2.75, 3.05) is 0 Å². The lowest BCUT2D eigenvalue weighted by atomic mass is 10.1. The smallest absolute Gasteiger partial charge is 0.338 e. The van der Waals surface area contributed by atoms with Gasteiger partial charge >= 0.3 is 5.97 Å². The van der Waals surface area contributed by atoms with E-state index in [9.17, 15) is 35.5 Å². The molecule has 0 saturated heterocycles. The van der Waals surface area contributed by atoms with Crippen LogP contribution in [0.4, 0.5) is 30.7 Å². The molecule has 0 aliphatic heterocycles. The summed E-state index contributed by atoms with van der Waals surface area (Å²) in [5.74, 6) is -19.2. The Bertz CT molecular complexity index is 874. The maximum Gasteiger partial charge on any atom is 0.338 e. The standard InChI is InChI=1S/C14H5F7O2/c1-3(2)14(22)23-13-9(18)5-4(8(17)12(13)21)6(15)10(19)11(20)7(5)16/h1H2,2H3. The van der Waals surface area contributed by atoms with E-state index >= 15 is 0 Å². The van der Waals surface area contributed by atoms with Gasteiger partial charge in [0.15, 0.2) is 34.9 Å². The maximum absolute atomic E-state index is 14.1. The third kappa shape index (κ3) is 2.41. The van der Waals surface area contributed by atoms with Gasteiger partial charge in [0.1, 0.15) is 0 Å². The second-order valence-corrected chi connectivity index (χ2v) is 4.45. The summed E-state index contributed by atoms with van der Waals surface area (Å²) >= 11 is 0. The summed E-state index contributed by atoms with van der Waals surface area (Å²) in [6.07, 6.45) is 0. The van der Waals surface area contributed by atoms with Crippen LogP contribution in [0.5, 0.6) is 5.75 Å². The van der Waals surface area contributed by atoms with Gasteiger partial charge in [-0.1, -0.05) is 6.58 Å². The van der Waals surface area contributed by atoms with E-state index in [0.717, 1.165) is 6.92 Å². The average molecular weight is 338 g/mol. The van der Waals surface area contributed by atoms with Crippen molar-refractivity contribution in [3.63, 3.8) is 0 Å². The van der Waals surface area contributed by atoms with Gasteiger partial charge in [0, 0.05) is 5.57 Å². The molecule has 0 bridgehead atoms. The minimum Gasteiger partial charge on any atom is -0.417 e. The normalized spacial score (nSPS) is 11.0. The van der Waals surface area contributed by atoms with Gasteiger partial charge in [0.25, 0.3) is 0 Å². The lowest BCUT2D eigenvalue weighted by molar-refractivity contribution is -0.130. The van der Waals surface area contributed by atoms with Crippen molar-refractivity contribution < 1.29 is 40.3 Å². The molecule has 2 aromatic carbocycles. The van der Waals surface area contributed by atoms with Crippen LogP contribution in [-0.4, -0.2) is 5.97 Å². The lowest BCUT2D eigenvalue weighted by Gasteiger charge is -2.12. The molecule has 0 aromatic heterocycles. The molecule has 0 amide bonds. The van der Waals surface area contributed by atoms with E-state index in [-0.39, 0.29) is 5.57 Å². The predicted octanol–water partition coefficient (Wildman–Crippen LogP) is 4.30. The highest BCUT2D eigenvalue weighted by atomic mass is 19.2. The van der Waals surface area contributed by atoms with E-state index in [1.54, 1.807) is 0 Å². The number of carbonyl (C=O) groups is 1. The van der Waals surface area contributed by atoms with Gasteiger partial charge in [-0.15, -0.1) is 0 Å². The monoisotopic (exact) mass is 338 g/mol. The van der Waals surface area contributed by atoms with Crippen LogP contribution in [0.15, 0.2) is 12.2 Å². The summed E-state index contributed by atoms with van der Waals surface area (Å²) in [7, 11) is 0. The Morgan fingerprint density at radius 1 is 0.739 bits per heavy atom. The highest BCUT2D eigenvalue weighted by Crippen LogP contribution is 2.37. The Kier molecular flexibility index (Phi) is 4.06. The Morgan fingerprint density at radius 2 is 1.13 bits per heavy atom. The molecule has 2 rings (SSSR count). The number of ether oxygens (including phenoxy) is 1. The fourth-order valence-corrected chi connectivity index (χ4v) is 1.73. The molecule has 0 spiro atoms. The zero-order valence-corrected chi connectivity index (χ0v) is 11.2. The van der Waals surface area contributed by atoms with Gasteiger partial charge in [-0.3, -0.25) is 0 Å². The summed E-state index contributed by atoms with van der Waals surface area (Å²) in [6.45, 7) is 4.18. The highest BCUT2D eigenvalue weighted by Gasteiger charge is 2.32. The molecule has 0 fully saturated rings. The van der Waals surface area contributed by atoms with E-state index in [2.05, 4.69) is 11.3 Å². The predicted molar refractivity (Wildman–Crippen MR) is 64.1 cm³/mol. The van der Waals surface area contributed by atoms with Gasteiger partial charge in [-0.2, -0.15) is 4.39 Å². The van der Waals surface area contributed by atoms with Gasteiger partial charge in [0.2, 0.25) is 11.6 Å². The second-order valence-electron chi connectivity index (χ2n) is 4.45. The van der Waals surface area contributed by atoms with Crippen LogP contribution < -0.4 is 4.74 Å². The number of fused-ring (bicyclic) bond motifs is 1. The van der Waals surface area contributed by atoms with Gasteiger partial charge < -0.3 is 4.74 Å². The third-order valence-electron chi connectivity index (χ3n) is 2.84. The first kappa shape index (κ1) is 16.8. The first-order valence-electron chi connectivity index (χ1n) is 5.79. The van der Waals surface area contributed by atoms with Crippen molar-refractivity contribution in [3.8, 4) is 5.75 Å². The maximum atomic E-state index is 14.1. The molecule has 2 nitrogen and oxygen atoms in total. The second kappa shape index (κ2) is 5.56. The summed E-state index contributed by atoms with van der Waals surface area (Å²) in [6, 6.07) is 0. The minimum absolute atomic E-state index is 0.346. The zero-order valence-electron chi connectivity index (χ0n) is 11.2. The number of carbonyl (C=O) groups excluding carboxylic acids is 1. The largest absolute Gasteiger partial charge is 0.417 e. The van der Waals surface area contributed by atoms with Gasteiger partial charge in [-0.05, 0) is 6.92 Å². The van der Waals surface area contributed by atoms with E-state index in [1.165, 1.54) is 0 Å². The molecule has 122 valence electrons. The van der Waals surface area contributed by atoms with E-state index in [1.807, 2.05) is 0 Å². The van der Waals surface area contributed by atoms with Crippen LogP contribution >= 0.6 is 0 Å². The Morgan fingerprint density at radius 3 is 1.57 bits per heavy atom. The number of hydrogen-bond acceptors (Lipinski definition) is 2. The topological polar surface area (TPSA) is 26.3 Å². The van der Waals surface area contributed by atoms with Crippen molar-refractivity contribution in [1.29, 1.82) is 0 Å². The van der Waals surface area contributed by atoms with E-state index in [0.29, 0.717) is 0 Å². The van der Waals surface area contributed by atoms with Crippen molar-refractivity contribution in [2.24, 2.45) is 0 Å². The molecule has 0 unspecified atom stereocenters. The third-order valence-corrected chi connectivity index (χ3v) is 2.84. The summed E-state index contributed by atoms with van der Waals surface area (Å²) in [5.41, 5.74) is -0.346. The van der Waals surface area contributed by atoms with Gasteiger partial charge in [-0.25, -0.2) is 31.1 Å². The first-order chi connectivity index (χ1) is 10.6. The molecule has 0 atom stereocenters. The molecular weight excluding hydrogens is 333 g/mol. The van der Waals surface area contributed by atoms with Crippen molar-refractivity contribution in [2.45, 2.75) is 6.92 Å². The molecule has 9 heteroatoms. The number of halogens is 7. The summed E-state index contributed by atoms with van der Waals surface area (Å²) in [4.78, 5) is 11.3. The molecule has 0 radical (unpaired) electrons. The Balaban J connectivity index is 2.94. The Hall–Kier alpha value is -2.58. The highest BCUT2D eigenvalue weighted by molar-refractivity contribution is 5.91.